The topological polar surface area (TPSA) is 15.3 Å². The Kier molecular flexibility index (Phi) is 4.41. The Morgan fingerprint density at radius 1 is 1.17 bits per heavy atom. The largest absolute Gasteiger partial charge is 0.317 e. The van der Waals surface area contributed by atoms with Gasteiger partial charge in [0.05, 0.1) is 0 Å². The van der Waals surface area contributed by atoms with Crippen LogP contribution < -0.4 is 5.32 Å². The number of hydrogen-bond donors (Lipinski definition) is 1. The highest BCUT2D eigenvalue weighted by atomic mass is 15.1. The van der Waals surface area contributed by atoms with Crippen molar-refractivity contribution in [3.05, 3.63) is 35.9 Å². The van der Waals surface area contributed by atoms with Crippen LogP contribution in [0.5, 0.6) is 0 Å². The molecule has 1 fully saturated rings. The number of nitrogens with zero attached hydrogens (tertiary/aromatic N) is 1. The van der Waals surface area contributed by atoms with Crippen molar-refractivity contribution < 1.29 is 0 Å². The highest BCUT2D eigenvalue weighted by Crippen LogP contribution is 2.34. The molecule has 1 N–H and O–H groups in total. The van der Waals surface area contributed by atoms with Gasteiger partial charge in [0.1, 0.15) is 0 Å². The van der Waals surface area contributed by atoms with E-state index in [2.05, 4.69) is 61.4 Å². The van der Waals surface area contributed by atoms with Gasteiger partial charge in [-0.3, -0.25) is 0 Å². The lowest BCUT2D eigenvalue weighted by Gasteiger charge is -2.42. The summed E-state index contributed by atoms with van der Waals surface area (Å²) in [4.78, 5) is 2.48. The Labute approximate surface area is 111 Å². The third-order valence-electron chi connectivity index (χ3n) is 4.38. The molecule has 0 unspecified atom stereocenters. The summed E-state index contributed by atoms with van der Waals surface area (Å²) in [5.74, 6) is 0. The van der Waals surface area contributed by atoms with E-state index in [4.69, 9.17) is 0 Å². The van der Waals surface area contributed by atoms with Gasteiger partial charge in [-0.2, -0.15) is 0 Å². The van der Waals surface area contributed by atoms with Crippen LogP contribution in [0, 0.1) is 0 Å². The molecule has 0 atom stereocenters. The Bertz CT molecular complexity index is 353. The van der Waals surface area contributed by atoms with E-state index in [9.17, 15) is 0 Å². The van der Waals surface area contributed by atoms with Gasteiger partial charge in [-0.15, -0.1) is 0 Å². The van der Waals surface area contributed by atoms with Gasteiger partial charge in [-0.1, -0.05) is 30.3 Å². The second kappa shape index (κ2) is 5.85. The zero-order valence-electron chi connectivity index (χ0n) is 11.9. The van der Waals surface area contributed by atoms with Crippen molar-refractivity contribution in [1.29, 1.82) is 0 Å². The van der Waals surface area contributed by atoms with Crippen LogP contribution in [-0.4, -0.2) is 37.6 Å². The third kappa shape index (κ3) is 2.93. The molecule has 1 saturated heterocycles. The van der Waals surface area contributed by atoms with Crippen LogP contribution in [0.4, 0.5) is 0 Å². The van der Waals surface area contributed by atoms with Gasteiger partial charge >= 0.3 is 0 Å². The molecule has 1 heterocycles. The molecule has 0 aliphatic carbocycles. The third-order valence-corrected chi connectivity index (χ3v) is 4.38. The van der Waals surface area contributed by atoms with Gasteiger partial charge < -0.3 is 10.2 Å². The predicted octanol–water partition coefficient (Wildman–Crippen LogP) is 2.65. The fourth-order valence-electron chi connectivity index (χ4n) is 2.90. The molecule has 1 aromatic carbocycles. The van der Waals surface area contributed by atoms with E-state index in [1.54, 1.807) is 0 Å². The number of likely N-dealkylation sites (N-methyl/N-ethyl adjacent to an activating group) is 1. The maximum Gasteiger partial charge on any atom is 0.0104 e. The summed E-state index contributed by atoms with van der Waals surface area (Å²) >= 11 is 0. The van der Waals surface area contributed by atoms with Crippen molar-refractivity contribution >= 4 is 0 Å². The highest BCUT2D eigenvalue weighted by molar-refractivity contribution is 5.27. The maximum absolute atomic E-state index is 3.49. The highest BCUT2D eigenvalue weighted by Gasteiger charge is 2.35. The lowest BCUT2D eigenvalue weighted by molar-refractivity contribution is 0.173. The summed E-state index contributed by atoms with van der Waals surface area (Å²) in [7, 11) is 2.25. The van der Waals surface area contributed by atoms with E-state index < -0.39 is 0 Å². The molecule has 1 aromatic rings. The molecule has 0 amide bonds. The quantitative estimate of drug-likeness (QED) is 0.878. The molecule has 0 spiro atoms. The van der Waals surface area contributed by atoms with Crippen LogP contribution in [0.15, 0.2) is 30.3 Å². The van der Waals surface area contributed by atoms with Crippen LogP contribution in [-0.2, 0) is 5.41 Å². The summed E-state index contributed by atoms with van der Waals surface area (Å²) in [6.45, 7) is 8.00. The van der Waals surface area contributed by atoms with E-state index in [0.29, 0.717) is 11.5 Å². The Morgan fingerprint density at radius 3 is 2.33 bits per heavy atom. The number of piperidine rings is 1. The van der Waals surface area contributed by atoms with Gasteiger partial charge in [0, 0.05) is 18.0 Å². The van der Waals surface area contributed by atoms with E-state index in [1.165, 1.54) is 18.4 Å². The molecule has 0 aromatic heterocycles. The summed E-state index contributed by atoms with van der Waals surface area (Å²) in [6, 6.07) is 11.7. The van der Waals surface area contributed by atoms with Crippen molar-refractivity contribution in [2.75, 3.05) is 26.7 Å². The van der Waals surface area contributed by atoms with Gasteiger partial charge in [-0.05, 0) is 52.4 Å². The molecule has 18 heavy (non-hydrogen) atoms. The summed E-state index contributed by atoms with van der Waals surface area (Å²) in [5, 5.41) is 3.49. The van der Waals surface area contributed by atoms with Gasteiger partial charge in [0.25, 0.3) is 0 Å². The molecule has 1 aliphatic rings. The zero-order valence-corrected chi connectivity index (χ0v) is 11.9. The van der Waals surface area contributed by atoms with E-state index in [0.717, 1.165) is 19.6 Å². The molecular formula is C16H26N2. The van der Waals surface area contributed by atoms with Crippen LogP contribution in [0.25, 0.3) is 0 Å². The first-order valence-corrected chi connectivity index (χ1v) is 7.10. The van der Waals surface area contributed by atoms with Crippen LogP contribution >= 0.6 is 0 Å². The average molecular weight is 246 g/mol. The normalized spacial score (nSPS) is 19.4. The minimum atomic E-state index is 0.339. The fourth-order valence-corrected chi connectivity index (χ4v) is 2.90. The van der Waals surface area contributed by atoms with Crippen molar-refractivity contribution in [3.63, 3.8) is 0 Å². The van der Waals surface area contributed by atoms with Crippen LogP contribution in [0.1, 0.15) is 32.3 Å². The molecule has 0 radical (unpaired) electrons. The average Bonchev–Trinajstić information content (AvgIpc) is 2.40. The van der Waals surface area contributed by atoms with Crippen LogP contribution in [0.3, 0.4) is 0 Å². The monoisotopic (exact) mass is 246 g/mol. The lowest BCUT2D eigenvalue weighted by Crippen LogP contribution is -2.48. The lowest BCUT2D eigenvalue weighted by atomic mass is 9.72. The van der Waals surface area contributed by atoms with E-state index in [-0.39, 0.29) is 0 Å². The van der Waals surface area contributed by atoms with E-state index in [1.807, 2.05) is 0 Å². The van der Waals surface area contributed by atoms with Crippen molar-refractivity contribution in [3.8, 4) is 0 Å². The SMILES string of the molecule is CC(C)N(C)CC1(c2ccccc2)CCNCC1. The van der Waals surface area contributed by atoms with E-state index >= 15 is 0 Å². The molecule has 0 saturated carbocycles. The molecule has 2 heteroatoms. The first-order valence-electron chi connectivity index (χ1n) is 7.10. The molecule has 100 valence electrons. The van der Waals surface area contributed by atoms with Gasteiger partial charge in [-0.25, -0.2) is 0 Å². The molecular weight excluding hydrogens is 220 g/mol. The molecule has 0 bridgehead atoms. The predicted molar refractivity (Wildman–Crippen MR) is 78.0 cm³/mol. The van der Waals surface area contributed by atoms with Crippen molar-refractivity contribution in [2.45, 2.75) is 38.1 Å². The summed E-state index contributed by atoms with van der Waals surface area (Å²) < 4.78 is 0. The molecule has 2 rings (SSSR count). The second-order valence-electron chi connectivity index (χ2n) is 5.91. The minimum absolute atomic E-state index is 0.339. The number of benzene rings is 1. The Morgan fingerprint density at radius 2 is 1.78 bits per heavy atom. The maximum atomic E-state index is 3.49. The number of hydrogen-bond acceptors (Lipinski definition) is 2. The standard InChI is InChI=1S/C16H26N2/c1-14(2)18(3)13-16(9-11-17-12-10-16)15-7-5-4-6-8-15/h4-8,14,17H,9-13H2,1-3H3. The number of rotatable bonds is 4. The van der Waals surface area contributed by atoms with Gasteiger partial charge in [0.15, 0.2) is 0 Å². The summed E-state index contributed by atoms with van der Waals surface area (Å²) in [5.41, 5.74) is 1.85. The fraction of sp³-hybridized carbons (Fsp3) is 0.625. The second-order valence-corrected chi connectivity index (χ2v) is 5.91. The smallest absolute Gasteiger partial charge is 0.0104 e. The minimum Gasteiger partial charge on any atom is -0.317 e. The zero-order chi connectivity index (χ0) is 13.0. The molecule has 1 aliphatic heterocycles. The summed E-state index contributed by atoms with van der Waals surface area (Å²) in [6.07, 6.45) is 2.49. The Balaban J connectivity index is 2.23. The van der Waals surface area contributed by atoms with Crippen molar-refractivity contribution in [2.24, 2.45) is 0 Å². The first-order chi connectivity index (χ1) is 8.64. The Hall–Kier alpha value is -0.860. The number of nitrogens with one attached hydrogen (secondary N) is 1. The molecule has 2 nitrogen and oxygen atoms in total. The first kappa shape index (κ1) is 13.6. The van der Waals surface area contributed by atoms with Crippen molar-refractivity contribution in [1.82, 2.24) is 10.2 Å². The van der Waals surface area contributed by atoms with Crippen LogP contribution in [0.2, 0.25) is 0 Å². The van der Waals surface area contributed by atoms with Gasteiger partial charge in [0.2, 0.25) is 0 Å².